The number of aromatic nitrogens is 3. The predicted octanol–water partition coefficient (Wildman–Crippen LogP) is 7.86. The minimum absolute atomic E-state index is 0.691. The molecule has 0 aliphatic carbocycles. The van der Waals surface area contributed by atoms with Gasteiger partial charge in [-0.1, -0.05) is 90.5 Å². The van der Waals surface area contributed by atoms with Gasteiger partial charge in [0.05, 0.1) is 22.2 Å². The Morgan fingerprint density at radius 3 is 2.21 bits per heavy atom. The molecular formula is C31H21N3. The molecule has 0 spiro atoms. The van der Waals surface area contributed by atoms with E-state index in [1.165, 1.54) is 27.1 Å². The summed E-state index contributed by atoms with van der Waals surface area (Å²) in [5.74, 6) is 0.691. The molecule has 0 bridgehead atoms. The van der Waals surface area contributed by atoms with E-state index in [1.807, 2.05) is 18.2 Å². The summed E-state index contributed by atoms with van der Waals surface area (Å²) in [7, 11) is 0. The third kappa shape index (κ3) is 2.77. The molecule has 7 aromatic rings. The molecule has 3 nitrogen and oxygen atoms in total. The van der Waals surface area contributed by atoms with E-state index in [4.69, 9.17) is 9.97 Å². The Bertz CT molecular complexity index is 1860. The second kappa shape index (κ2) is 7.26. The van der Waals surface area contributed by atoms with Crippen LogP contribution in [0.5, 0.6) is 0 Å². The summed E-state index contributed by atoms with van der Waals surface area (Å²) in [4.78, 5) is 10.2. The lowest BCUT2D eigenvalue weighted by Crippen LogP contribution is -2.03. The minimum atomic E-state index is 0.691. The van der Waals surface area contributed by atoms with Crippen LogP contribution in [0.1, 0.15) is 5.56 Å². The highest BCUT2D eigenvalue weighted by Gasteiger charge is 2.18. The van der Waals surface area contributed by atoms with E-state index < -0.39 is 0 Å². The molecule has 0 amide bonds. The van der Waals surface area contributed by atoms with Gasteiger partial charge in [0, 0.05) is 21.7 Å². The van der Waals surface area contributed by atoms with Gasteiger partial charge in [-0.2, -0.15) is 0 Å². The maximum atomic E-state index is 5.17. The fraction of sp³-hybridized carbons (Fsp3) is 0.0323. The summed E-state index contributed by atoms with van der Waals surface area (Å²) in [6.07, 6.45) is 0. The van der Waals surface area contributed by atoms with Crippen LogP contribution in [-0.2, 0) is 0 Å². The number of fused-ring (bicyclic) bond motifs is 6. The molecule has 0 unspecified atom stereocenters. The van der Waals surface area contributed by atoms with E-state index in [-0.39, 0.29) is 0 Å². The number of aryl methyl sites for hydroxylation is 1. The summed E-state index contributed by atoms with van der Waals surface area (Å²) in [6.45, 7) is 2.15. The maximum absolute atomic E-state index is 5.17. The molecule has 3 heteroatoms. The number of rotatable bonds is 2. The first kappa shape index (κ1) is 19.0. The molecule has 0 aliphatic heterocycles. The smallest absolute Gasteiger partial charge is 0.235 e. The first-order valence-electron chi connectivity index (χ1n) is 11.5. The van der Waals surface area contributed by atoms with E-state index in [2.05, 4.69) is 102 Å². The molecule has 0 fully saturated rings. The first-order valence-corrected chi connectivity index (χ1v) is 11.5. The van der Waals surface area contributed by atoms with Gasteiger partial charge in [0.25, 0.3) is 0 Å². The van der Waals surface area contributed by atoms with Crippen molar-refractivity contribution in [3.05, 3.63) is 115 Å². The number of hydrogen-bond donors (Lipinski definition) is 0. The van der Waals surface area contributed by atoms with Crippen LogP contribution < -0.4 is 0 Å². The third-order valence-corrected chi connectivity index (χ3v) is 6.65. The molecule has 0 aliphatic rings. The van der Waals surface area contributed by atoms with Crippen molar-refractivity contribution in [2.75, 3.05) is 0 Å². The predicted molar refractivity (Wildman–Crippen MR) is 142 cm³/mol. The zero-order valence-electron chi connectivity index (χ0n) is 18.7. The molecule has 0 N–H and O–H groups in total. The van der Waals surface area contributed by atoms with Crippen LogP contribution in [0.3, 0.4) is 0 Å². The lowest BCUT2D eigenvalue weighted by molar-refractivity contribution is 1.01. The van der Waals surface area contributed by atoms with Gasteiger partial charge in [0.2, 0.25) is 5.95 Å². The third-order valence-electron chi connectivity index (χ3n) is 6.65. The van der Waals surface area contributed by atoms with Crippen LogP contribution in [-0.4, -0.2) is 14.5 Å². The molecule has 0 radical (unpaired) electrons. The van der Waals surface area contributed by atoms with Crippen LogP contribution in [0.15, 0.2) is 109 Å². The summed E-state index contributed by atoms with van der Waals surface area (Å²) >= 11 is 0. The molecular weight excluding hydrogens is 414 g/mol. The normalized spacial score (nSPS) is 11.7. The van der Waals surface area contributed by atoms with Crippen molar-refractivity contribution in [3.63, 3.8) is 0 Å². The van der Waals surface area contributed by atoms with E-state index >= 15 is 0 Å². The second-order valence-corrected chi connectivity index (χ2v) is 8.79. The first-order chi connectivity index (χ1) is 16.8. The SMILES string of the molecule is Cc1ccc2c(c1)c1c3ccccc3ccc1n2-c1nc(-c2ccccc2)c2ccccc2n1. The van der Waals surface area contributed by atoms with Crippen molar-refractivity contribution in [3.8, 4) is 17.2 Å². The Morgan fingerprint density at radius 1 is 0.588 bits per heavy atom. The van der Waals surface area contributed by atoms with Crippen molar-refractivity contribution in [1.29, 1.82) is 0 Å². The Kier molecular flexibility index (Phi) is 4.06. The molecule has 0 atom stereocenters. The molecule has 34 heavy (non-hydrogen) atoms. The van der Waals surface area contributed by atoms with Crippen molar-refractivity contribution >= 4 is 43.5 Å². The van der Waals surface area contributed by atoms with Gasteiger partial charge in [-0.05, 0) is 42.0 Å². The molecule has 5 aromatic carbocycles. The largest absolute Gasteiger partial charge is 0.278 e. The summed E-state index contributed by atoms with van der Waals surface area (Å²) in [5, 5.41) is 6.01. The van der Waals surface area contributed by atoms with Crippen molar-refractivity contribution in [1.82, 2.24) is 14.5 Å². The summed E-state index contributed by atoms with van der Waals surface area (Å²) in [6, 6.07) is 38.3. The second-order valence-electron chi connectivity index (χ2n) is 8.79. The van der Waals surface area contributed by atoms with Gasteiger partial charge >= 0.3 is 0 Å². The zero-order chi connectivity index (χ0) is 22.6. The molecule has 0 saturated heterocycles. The number of para-hydroxylation sites is 1. The molecule has 2 heterocycles. The van der Waals surface area contributed by atoms with Gasteiger partial charge in [0.15, 0.2) is 0 Å². The van der Waals surface area contributed by atoms with E-state index in [1.54, 1.807) is 0 Å². The van der Waals surface area contributed by atoms with E-state index in [0.717, 1.165) is 33.2 Å². The lowest BCUT2D eigenvalue weighted by atomic mass is 10.0. The Hall–Kier alpha value is -4.50. The number of benzene rings is 5. The Morgan fingerprint density at radius 2 is 1.32 bits per heavy atom. The van der Waals surface area contributed by atoms with Crippen molar-refractivity contribution in [2.24, 2.45) is 0 Å². The van der Waals surface area contributed by atoms with E-state index in [9.17, 15) is 0 Å². The zero-order valence-corrected chi connectivity index (χ0v) is 18.7. The highest BCUT2D eigenvalue weighted by molar-refractivity contribution is 6.21. The average molecular weight is 436 g/mol. The topological polar surface area (TPSA) is 30.7 Å². The molecule has 0 saturated carbocycles. The van der Waals surface area contributed by atoms with Gasteiger partial charge in [-0.15, -0.1) is 0 Å². The number of hydrogen-bond acceptors (Lipinski definition) is 2. The van der Waals surface area contributed by atoms with Gasteiger partial charge in [-0.3, -0.25) is 4.57 Å². The Balaban J connectivity index is 1.65. The monoisotopic (exact) mass is 435 g/mol. The standard InChI is InChI=1S/C31H21N3/c1-20-15-17-27-25(19-20)29-23-12-6-5-9-21(23)16-18-28(29)34(27)31-32-26-14-8-7-13-24(26)30(33-31)22-10-3-2-4-11-22/h2-19H,1H3. The summed E-state index contributed by atoms with van der Waals surface area (Å²) in [5.41, 5.74) is 6.45. The van der Waals surface area contributed by atoms with Crippen molar-refractivity contribution in [2.45, 2.75) is 6.92 Å². The molecule has 7 rings (SSSR count). The highest BCUT2D eigenvalue weighted by Crippen LogP contribution is 2.37. The van der Waals surface area contributed by atoms with Crippen LogP contribution in [0.4, 0.5) is 0 Å². The van der Waals surface area contributed by atoms with Crippen molar-refractivity contribution < 1.29 is 0 Å². The quantitative estimate of drug-likeness (QED) is 0.277. The fourth-order valence-electron chi connectivity index (χ4n) is 5.10. The summed E-state index contributed by atoms with van der Waals surface area (Å²) < 4.78 is 2.22. The van der Waals surface area contributed by atoms with Gasteiger partial charge in [-0.25, -0.2) is 9.97 Å². The lowest BCUT2D eigenvalue weighted by Gasteiger charge is -2.12. The van der Waals surface area contributed by atoms with E-state index in [0.29, 0.717) is 5.95 Å². The molecule has 160 valence electrons. The fourth-order valence-corrected chi connectivity index (χ4v) is 5.10. The average Bonchev–Trinajstić information content (AvgIpc) is 3.22. The van der Waals surface area contributed by atoms with Crippen LogP contribution >= 0.6 is 0 Å². The van der Waals surface area contributed by atoms with Crippen LogP contribution in [0, 0.1) is 6.92 Å². The molecule has 2 aromatic heterocycles. The Labute approximate surface area is 196 Å². The highest BCUT2D eigenvalue weighted by atomic mass is 15.2. The minimum Gasteiger partial charge on any atom is -0.278 e. The van der Waals surface area contributed by atoms with Gasteiger partial charge in [0.1, 0.15) is 0 Å². The van der Waals surface area contributed by atoms with Crippen LogP contribution in [0.25, 0.3) is 60.7 Å². The van der Waals surface area contributed by atoms with Gasteiger partial charge < -0.3 is 0 Å². The number of nitrogens with zero attached hydrogens (tertiary/aromatic N) is 3. The maximum Gasteiger partial charge on any atom is 0.235 e. The van der Waals surface area contributed by atoms with Crippen LogP contribution in [0.2, 0.25) is 0 Å².